The van der Waals surface area contributed by atoms with Gasteiger partial charge < -0.3 is 10.2 Å². The van der Waals surface area contributed by atoms with Crippen molar-refractivity contribution in [1.82, 2.24) is 9.80 Å². The van der Waals surface area contributed by atoms with Crippen molar-refractivity contribution < 1.29 is 13.6 Å². The van der Waals surface area contributed by atoms with Gasteiger partial charge in [-0.3, -0.25) is 9.69 Å². The van der Waals surface area contributed by atoms with Gasteiger partial charge in [0, 0.05) is 38.8 Å². The Morgan fingerprint density at radius 1 is 0.962 bits per heavy atom. The molecule has 3 rings (SSSR count). The predicted molar refractivity (Wildman–Crippen MR) is 98.0 cm³/mol. The maximum Gasteiger partial charge on any atom is 0.238 e. The van der Waals surface area contributed by atoms with Crippen LogP contribution >= 0.6 is 0 Å². The highest BCUT2D eigenvalue weighted by Crippen LogP contribution is 2.15. The summed E-state index contributed by atoms with van der Waals surface area (Å²) in [6, 6.07) is 13.4. The van der Waals surface area contributed by atoms with Crippen molar-refractivity contribution in [1.29, 1.82) is 0 Å². The Hall–Kier alpha value is -2.31. The van der Waals surface area contributed by atoms with E-state index in [0.717, 1.165) is 57.3 Å². The van der Waals surface area contributed by atoms with Gasteiger partial charge in [-0.05, 0) is 24.1 Å². The fourth-order valence-electron chi connectivity index (χ4n) is 3.09. The molecule has 2 aromatic carbocycles. The zero-order valence-electron chi connectivity index (χ0n) is 14.6. The lowest BCUT2D eigenvalue weighted by Gasteiger charge is -2.34. The first kappa shape index (κ1) is 18.5. The lowest BCUT2D eigenvalue weighted by molar-refractivity contribution is -0.117. The standard InChI is InChI=1S/C20H23F2N3O/c21-17-6-7-18(22)19(14-17)23-20(26)15-25-12-10-24(11-13-25)9-8-16-4-2-1-3-5-16/h1-7,14H,8-13,15H2,(H,23,26). The zero-order chi connectivity index (χ0) is 18.4. The molecule has 0 aliphatic carbocycles. The second-order valence-corrected chi connectivity index (χ2v) is 6.53. The molecule has 0 spiro atoms. The van der Waals surface area contributed by atoms with Crippen LogP contribution in [0, 0.1) is 11.6 Å². The first-order valence-electron chi connectivity index (χ1n) is 8.84. The van der Waals surface area contributed by atoms with E-state index in [1.54, 1.807) is 0 Å². The first-order chi connectivity index (χ1) is 12.6. The Morgan fingerprint density at radius 3 is 2.38 bits per heavy atom. The normalized spacial score (nSPS) is 15.8. The minimum atomic E-state index is -0.634. The zero-order valence-corrected chi connectivity index (χ0v) is 14.6. The van der Waals surface area contributed by atoms with Gasteiger partial charge in [0.2, 0.25) is 5.91 Å². The number of halogens is 2. The van der Waals surface area contributed by atoms with Crippen LogP contribution in [0.3, 0.4) is 0 Å². The summed E-state index contributed by atoms with van der Waals surface area (Å²) in [6.07, 6.45) is 1.01. The Morgan fingerprint density at radius 2 is 1.65 bits per heavy atom. The number of amides is 1. The number of anilines is 1. The molecule has 0 bridgehead atoms. The summed E-state index contributed by atoms with van der Waals surface area (Å²) in [5.41, 5.74) is 1.21. The third kappa shape index (κ3) is 5.34. The monoisotopic (exact) mass is 359 g/mol. The van der Waals surface area contributed by atoms with Gasteiger partial charge in [0.05, 0.1) is 12.2 Å². The van der Waals surface area contributed by atoms with E-state index in [4.69, 9.17) is 0 Å². The summed E-state index contributed by atoms with van der Waals surface area (Å²) in [5, 5.41) is 2.45. The molecule has 1 heterocycles. The lowest BCUT2D eigenvalue weighted by Crippen LogP contribution is -2.49. The first-order valence-corrected chi connectivity index (χ1v) is 8.84. The number of nitrogens with one attached hydrogen (secondary N) is 1. The minimum absolute atomic E-state index is 0.114. The van der Waals surface area contributed by atoms with Crippen LogP contribution in [0.1, 0.15) is 5.56 Å². The number of nitrogens with zero attached hydrogens (tertiary/aromatic N) is 2. The molecule has 4 nitrogen and oxygen atoms in total. The number of carbonyl (C=O) groups is 1. The molecular formula is C20H23F2N3O. The van der Waals surface area contributed by atoms with Crippen LogP contribution in [0.25, 0.3) is 0 Å². The molecule has 0 aromatic heterocycles. The van der Waals surface area contributed by atoms with Gasteiger partial charge in [-0.25, -0.2) is 8.78 Å². The third-order valence-corrected chi connectivity index (χ3v) is 4.59. The average Bonchev–Trinajstić information content (AvgIpc) is 2.65. The van der Waals surface area contributed by atoms with Crippen LogP contribution in [0.5, 0.6) is 0 Å². The van der Waals surface area contributed by atoms with Crippen molar-refractivity contribution in [2.24, 2.45) is 0 Å². The Balaban J connectivity index is 1.40. The van der Waals surface area contributed by atoms with E-state index in [0.29, 0.717) is 0 Å². The van der Waals surface area contributed by atoms with Crippen molar-refractivity contribution in [3.05, 3.63) is 65.7 Å². The molecule has 1 amide bonds. The predicted octanol–water partition coefficient (Wildman–Crippen LogP) is 2.76. The van der Waals surface area contributed by atoms with Gasteiger partial charge in [0.25, 0.3) is 0 Å². The molecule has 0 atom stereocenters. The van der Waals surface area contributed by atoms with Crippen molar-refractivity contribution in [3.8, 4) is 0 Å². The quantitative estimate of drug-likeness (QED) is 0.862. The summed E-state index contributed by atoms with van der Waals surface area (Å²) < 4.78 is 26.7. The molecule has 0 saturated carbocycles. The Kier molecular flexibility index (Phi) is 6.30. The van der Waals surface area contributed by atoms with Crippen LogP contribution in [0.4, 0.5) is 14.5 Å². The van der Waals surface area contributed by atoms with Crippen LogP contribution in [-0.2, 0) is 11.2 Å². The number of piperazine rings is 1. The lowest BCUT2D eigenvalue weighted by atomic mass is 10.1. The van der Waals surface area contributed by atoms with E-state index in [1.165, 1.54) is 5.56 Å². The van der Waals surface area contributed by atoms with Gasteiger partial charge in [-0.1, -0.05) is 30.3 Å². The van der Waals surface area contributed by atoms with E-state index >= 15 is 0 Å². The highest BCUT2D eigenvalue weighted by molar-refractivity contribution is 5.92. The van der Waals surface area contributed by atoms with Gasteiger partial charge in [0.15, 0.2) is 0 Å². The maximum atomic E-state index is 13.6. The number of hydrogen-bond donors (Lipinski definition) is 1. The van der Waals surface area contributed by atoms with Gasteiger partial charge in [-0.2, -0.15) is 0 Å². The average molecular weight is 359 g/mol. The second-order valence-electron chi connectivity index (χ2n) is 6.53. The largest absolute Gasteiger partial charge is 0.322 e. The molecule has 138 valence electrons. The van der Waals surface area contributed by atoms with Crippen LogP contribution in [0.2, 0.25) is 0 Å². The molecule has 1 aliphatic heterocycles. The van der Waals surface area contributed by atoms with Crippen molar-refractivity contribution >= 4 is 11.6 Å². The third-order valence-electron chi connectivity index (χ3n) is 4.59. The molecule has 0 unspecified atom stereocenters. The number of hydrogen-bond acceptors (Lipinski definition) is 3. The Bertz CT molecular complexity index is 731. The van der Waals surface area contributed by atoms with Crippen LogP contribution in [-0.4, -0.2) is 55.0 Å². The van der Waals surface area contributed by atoms with Gasteiger partial charge in [0.1, 0.15) is 11.6 Å². The SMILES string of the molecule is O=C(CN1CCN(CCc2ccccc2)CC1)Nc1cc(F)ccc1F. The molecule has 1 saturated heterocycles. The van der Waals surface area contributed by atoms with Crippen LogP contribution < -0.4 is 5.32 Å². The molecule has 1 fully saturated rings. The van der Waals surface area contributed by atoms with Crippen molar-refractivity contribution in [3.63, 3.8) is 0 Å². The summed E-state index contributed by atoms with van der Waals surface area (Å²) >= 11 is 0. The molecule has 1 N–H and O–H groups in total. The minimum Gasteiger partial charge on any atom is -0.322 e. The van der Waals surface area contributed by atoms with E-state index in [9.17, 15) is 13.6 Å². The van der Waals surface area contributed by atoms with Gasteiger partial charge >= 0.3 is 0 Å². The highest BCUT2D eigenvalue weighted by atomic mass is 19.1. The molecule has 26 heavy (non-hydrogen) atoms. The number of rotatable bonds is 6. The fraction of sp³-hybridized carbons (Fsp3) is 0.350. The smallest absolute Gasteiger partial charge is 0.238 e. The maximum absolute atomic E-state index is 13.6. The summed E-state index contributed by atoms with van der Waals surface area (Å²) in [6.45, 7) is 4.55. The Labute approximate surface area is 152 Å². The van der Waals surface area contributed by atoms with E-state index in [2.05, 4.69) is 22.3 Å². The highest BCUT2D eigenvalue weighted by Gasteiger charge is 2.19. The van der Waals surface area contributed by atoms with Crippen molar-refractivity contribution in [2.75, 3.05) is 44.6 Å². The second kappa shape index (κ2) is 8.87. The summed E-state index contributed by atoms with van der Waals surface area (Å²) in [4.78, 5) is 16.5. The molecule has 1 aliphatic rings. The molecule has 2 aromatic rings. The fourth-order valence-corrected chi connectivity index (χ4v) is 3.09. The molecule has 0 radical (unpaired) electrons. The van der Waals surface area contributed by atoms with E-state index in [-0.39, 0.29) is 18.1 Å². The number of benzene rings is 2. The molecular weight excluding hydrogens is 336 g/mol. The van der Waals surface area contributed by atoms with E-state index < -0.39 is 11.6 Å². The summed E-state index contributed by atoms with van der Waals surface area (Å²) in [7, 11) is 0. The van der Waals surface area contributed by atoms with Crippen molar-refractivity contribution in [2.45, 2.75) is 6.42 Å². The number of carbonyl (C=O) groups excluding carboxylic acids is 1. The molecule has 6 heteroatoms. The van der Waals surface area contributed by atoms with E-state index in [1.807, 2.05) is 23.1 Å². The summed E-state index contributed by atoms with van der Waals surface area (Å²) in [5.74, 6) is -1.54. The van der Waals surface area contributed by atoms with Gasteiger partial charge in [-0.15, -0.1) is 0 Å². The van der Waals surface area contributed by atoms with Crippen LogP contribution in [0.15, 0.2) is 48.5 Å². The topological polar surface area (TPSA) is 35.6 Å².